The molecule has 0 nitrogen and oxygen atoms in total. The van der Waals surface area contributed by atoms with E-state index < -0.39 is 12.1 Å². The predicted octanol–water partition coefficient (Wildman–Crippen LogP) is 3.96. The van der Waals surface area contributed by atoms with Crippen LogP contribution in [0.3, 0.4) is 0 Å². The normalized spacial score (nSPS) is 17.4. The first-order valence-corrected chi connectivity index (χ1v) is 4.07. The third kappa shape index (κ3) is 2.11. The van der Waals surface area contributed by atoms with Crippen LogP contribution in [0.4, 0.5) is 0 Å². The molecule has 0 saturated carbocycles. The molecular formula is C14H12. The van der Waals surface area contributed by atoms with E-state index in [1.54, 1.807) is 0 Å². The summed E-state index contributed by atoms with van der Waals surface area (Å²) in [5.74, 6) is 0. The van der Waals surface area contributed by atoms with Crippen molar-refractivity contribution < 1.29 is 11.0 Å². The lowest BCUT2D eigenvalue weighted by Gasteiger charge is -1.90. The summed E-state index contributed by atoms with van der Waals surface area (Å²) in [5.41, 5.74) is 0. The Morgan fingerprint density at radius 2 is 1.14 bits per heavy atom. The van der Waals surface area contributed by atoms with Gasteiger partial charge < -0.3 is 0 Å². The van der Waals surface area contributed by atoms with Crippen LogP contribution in [-0.2, 0) is 0 Å². The highest BCUT2D eigenvalue weighted by Crippen LogP contribution is 2.09. The Morgan fingerprint density at radius 1 is 0.643 bits per heavy atom. The summed E-state index contributed by atoms with van der Waals surface area (Å²) in [4.78, 5) is 0. The molecule has 0 fully saturated rings. The van der Waals surface area contributed by atoms with Gasteiger partial charge in [-0.2, -0.15) is 0 Å². The van der Waals surface area contributed by atoms with Gasteiger partial charge in [-0.25, -0.2) is 0 Å². The van der Waals surface area contributed by atoms with Gasteiger partial charge in [0, 0.05) is 0 Å². The van der Waals surface area contributed by atoms with E-state index in [4.69, 9.17) is 11.0 Å². The zero-order valence-corrected chi connectivity index (χ0v) is 7.31. The van der Waals surface area contributed by atoms with Crippen molar-refractivity contribution in [1.82, 2.24) is 0 Å². The fraction of sp³-hybridized carbons (Fsp3) is 0. The van der Waals surface area contributed by atoms with Gasteiger partial charge >= 0.3 is 0 Å². The maximum absolute atomic E-state index is 7.92. The van der Waals surface area contributed by atoms with Crippen LogP contribution < -0.4 is 0 Å². The van der Waals surface area contributed by atoms with Crippen LogP contribution in [0.15, 0.2) is 72.6 Å². The molecule has 0 atom stereocenters. The van der Waals surface area contributed by atoms with Crippen molar-refractivity contribution in [1.29, 1.82) is 0 Å². The molecule has 2 aromatic rings. The second-order valence-corrected chi connectivity index (χ2v) is 2.53. The van der Waals surface area contributed by atoms with Gasteiger partial charge in [-0.15, -0.1) is 0 Å². The molecule has 0 radical (unpaired) electrons. The minimum absolute atomic E-state index is 0.182. The minimum atomic E-state index is -0.421. The van der Waals surface area contributed by atoms with E-state index in [0.29, 0.717) is 0 Å². The minimum Gasteiger partial charge on any atom is -0.0623 e. The molecule has 0 saturated heterocycles. The number of hydrogen-bond acceptors (Lipinski definition) is 0. The highest BCUT2D eigenvalue weighted by Gasteiger charge is 1.83. The second kappa shape index (κ2) is 4.43. The van der Waals surface area contributed by atoms with Crippen LogP contribution in [-0.4, -0.2) is 0 Å². The topological polar surface area (TPSA) is 0 Å². The Morgan fingerprint density at radius 3 is 1.64 bits per heavy atom. The number of rotatable bonds is 0. The van der Waals surface area contributed by atoms with E-state index in [9.17, 15) is 0 Å². The first-order valence-electron chi connectivity index (χ1n) is 8.07. The molecule has 2 rings (SSSR count). The Hall–Kier alpha value is -1.82. The van der Waals surface area contributed by atoms with E-state index in [1.807, 2.05) is 0 Å². The number of hydrogen-bond donors (Lipinski definition) is 0. The van der Waals surface area contributed by atoms with Gasteiger partial charge in [-0.05, 0) is 10.8 Å². The fourth-order valence-electron chi connectivity index (χ4n) is 1.00. The molecule has 0 aromatic heterocycles. The average Bonchev–Trinajstić information content (AvgIpc) is 2.51. The molecular weight excluding hydrogens is 168 g/mol. The third-order valence-corrected chi connectivity index (χ3v) is 1.62. The smallest absolute Gasteiger partial charge is 0.0623 e. The van der Waals surface area contributed by atoms with Gasteiger partial charge in [-0.3, -0.25) is 0 Å². The Labute approximate surface area is 95.4 Å². The zero-order valence-electron chi connectivity index (χ0n) is 15.3. The molecule has 0 unspecified atom stereocenters. The molecule has 0 aliphatic carbocycles. The summed E-state index contributed by atoms with van der Waals surface area (Å²) in [6, 6.07) is 2.33. The molecule has 14 heavy (non-hydrogen) atoms. The van der Waals surface area contributed by atoms with Crippen LogP contribution in [0.25, 0.3) is 10.8 Å². The highest BCUT2D eigenvalue weighted by molar-refractivity contribution is 5.80. The van der Waals surface area contributed by atoms with Crippen molar-refractivity contribution in [3.8, 4) is 0 Å². The van der Waals surface area contributed by atoms with Gasteiger partial charge in [0.1, 0.15) is 0 Å². The molecule has 0 aliphatic heterocycles. The third-order valence-electron chi connectivity index (χ3n) is 1.62. The average molecular weight is 188 g/mol. The Kier molecular flexibility index (Phi) is 1.07. The van der Waals surface area contributed by atoms with Gasteiger partial charge in [0.2, 0.25) is 0 Å². The van der Waals surface area contributed by atoms with Crippen LogP contribution in [0.2, 0.25) is 0 Å². The molecule has 0 bridgehead atoms. The molecule has 0 amide bonds. The van der Waals surface area contributed by atoms with Crippen LogP contribution in [0, 0.1) is 0 Å². The lowest BCUT2D eigenvalue weighted by molar-refractivity contribution is 1.74. The second-order valence-electron chi connectivity index (χ2n) is 2.53. The van der Waals surface area contributed by atoms with Crippen molar-refractivity contribution in [3.63, 3.8) is 0 Å². The predicted molar refractivity (Wildman–Crippen MR) is 61.6 cm³/mol. The lowest BCUT2D eigenvalue weighted by atomic mass is 10.2. The number of benzene rings is 1. The molecule has 0 heteroatoms. The van der Waals surface area contributed by atoms with Crippen molar-refractivity contribution in [2.24, 2.45) is 0 Å². The SMILES string of the molecule is [2H]c1ccc2c([2H])c([2H])c([2H])c([2H])c2ccc([2H])c([2H])c1[2H]. The Bertz CT molecular complexity index is 752. The maximum atomic E-state index is 7.92. The van der Waals surface area contributed by atoms with Gasteiger partial charge in [-0.1, -0.05) is 72.6 Å². The van der Waals surface area contributed by atoms with E-state index in [0.717, 1.165) is 0 Å². The molecule has 0 spiro atoms. The summed E-state index contributed by atoms with van der Waals surface area (Å²) in [6.07, 6.45) is 0. The molecule has 68 valence electrons. The molecule has 2 aromatic carbocycles. The van der Waals surface area contributed by atoms with E-state index in [2.05, 4.69) is 0 Å². The monoisotopic (exact) mass is 188 g/mol. The van der Waals surface area contributed by atoms with Crippen molar-refractivity contribution in [2.75, 3.05) is 0 Å². The van der Waals surface area contributed by atoms with E-state index >= 15 is 0 Å². The molecule has 0 heterocycles. The van der Waals surface area contributed by atoms with E-state index in [-0.39, 0.29) is 47.0 Å². The van der Waals surface area contributed by atoms with Gasteiger partial charge in [0.25, 0.3) is 0 Å². The van der Waals surface area contributed by atoms with Crippen LogP contribution in [0.1, 0.15) is 11.0 Å². The largest absolute Gasteiger partial charge is 0.0629 e. The molecule has 0 aliphatic rings. The zero-order chi connectivity index (χ0) is 16.6. The summed E-state index contributed by atoms with van der Waals surface area (Å²) < 4.78 is 62.0. The maximum Gasteiger partial charge on any atom is 0.0629 e. The summed E-state index contributed by atoms with van der Waals surface area (Å²) in [6.45, 7) is 0. The van der Waals surface area contributed by atoms with Crippen molar-refractivity contribution in [3.05, 3.63) is 72.6 Å². The van der Waals surface area contributed by atoms with Crippen molar-refractivity contribution in [2.45, 2.75) is 0 Å². The molecule has 0 N–H and O–H groups in total. The van der Waals surface area contributed by atoms with Gasteiger partial charge in [0.05, 0.1) is 11.0 Å². The fourth-order valence-corrected chi connectivity index (χ4v) is 1.00. The lowest BCUT2D eigenvalue weighted by Crippen LogP contribution is -1.64. The summed E-state index contributed by atoms with van der Waals surface area (Å²) >= 11 is 0. The quantitative estimate of drug-likeness (QED) is 0.587. The van der Waals surface area contributed by atoms with Crippen molar-refractivity contribution >= 4 is 10.8 Å². The first kappa shape index (κ1) is 3.39. The van der Waals surface area contributed by atoms with Crippen LogP contribution >= 0.6 is 0 Å². The highest BCUT2D eigenvalue weighted by atomic mass is 13.9. The standard InChI is InChI=1S/C14H12/c1-2-4-6-10-14-12-8-7-11-13(14)9-5-3-1/h1-12H/i1D,2D,3D,4D,7D,8D,11D,12D. The summed E-state index contributed by atoms with van der Waals surface area (Å²) in [7, 11) is 0. The summed E-state index contributed by atoms with van der Waals surface area (Å²) in [5, 5.41) is 0.363. The first-order chi connectivity index (χ1) is 10.3. The Balaban J connectivity index is 3.11. The van der Waals surface area contributed by atoms with Gasteiger partial charge in [0.15, 0.2) is 0 Å². The van der Waals surface area contributed by atoms with E-state index in [1.165, 1.54) is 24.3 Å². The number of fused-ring (bicyclic) bond motifs is 1. The van der Waals surface area contributed by atoms with Crippen LogP contribution in [0.5, 0.6) is 0 Å².